The Kier molecular flexibility index (Phi) is 4.36. The van der Waals surface area contributed by atoms with E-state index in [1.165, 1.54) is 0 Å². The van der Waals surface area contributed by atoms with Crippen molar-refractivity contribution in [1.29, 1.82) is 0 Å². The highest BCUT2D eigenvalue weighted by molar-refractivity contribution is 5.75. The van der Waals surface area contributed by atoms with E-state index in [9.17, 15) is 4.79 Å². The van der Waals surface area contributed by atoms with E-state index >= 15 is 0 Å². The van der Waals surface area contributed by atoms with Gasteiger partial charge in [0.15, 0.2) is 0 Å². The number of nitrogens with two attached hydrogens (primary N) is 1. The average molecular weight is 241 g/mol. The smallest absolute Gasteiger partial charge is 0.231 e. The predicted octanol–water partition coefficient (Wildman–Crippen LogP) is -0.297. The molecule has 5 nitrogen and oxygen atoms in total. The number of piperidine rings is 1. The van der Waals surface area contributed by atoms with Crippen LogP contribution in [-0.2, 0) is 9.53 Å². The molecule has 2 rings (SSSR count). The summed E-state index contributed by atoms with van der Waals surface area (Å²) in [4.78, 5) is 13.0. The summed E-state index contributed by atoms with van der Waals surface area (Å²) < 4.78 is 5.55. The van der Waals surface area contributed by atoms with Crippen molar-refractivity contribution in [2.75, 3.05) is 26.2 Å². The second kappa shape index (κ2) is 5.80. The Labute approximate surface area is 103 Å². The van der Waals surface area contributed by atoms with Crippen molar-refractivity contribution in [3.8, 4) is 0 Å². The van der Waals surface area contributed by atoms with Gasteiger partial charge >= 0.3 is 0 Å². The zero-order chi connectivity index (χ0) is 12.3. The van der Waals surface area contributed by atoms with Crippen LogP contribution in [-0.4, -0.2) is 55.2 Å². The third-order valence-corrected chi connectivity index (χ3v) is 3.79. The Bertz CT molecular complexity index is 264. The van der Waals surface area contributed by atoms with Gasteiger partial charge in [-0.1, -0.05) is 0 Å². The Morgan fingerprint density at radius 1 is 1.41 bits per heavy atom. The van der Waals surface area contributed by atoms with Gasteiger partial charge in [-0.15, -0.1) is 0 Å². The van der Waals surface area contributed by atoms with Crippen molar-refractivity contribution in [3.63, 3.8) is 0 Å². The molecule has 0 aromatic heterocycles. The normalized spacial score (nSPS) is 31.8. The maximum atomic E-state index is 10.8. The number of nitrogens with one attached hydrogen (secondary N) is 1. The molecule has 0 aromatic carbocycles. The quantitative estimate of drug-likeness (QED) is 0.709. The predicted molar refractivity (Wildman–Crippen MR) is 65.6 cm³/mol. The highest BCUT2D eigenvalue weighted by Crippen LogP contribution is 2.17. The lowest BCUT2D eigenvalue weighted by atomic mass is 10.0. The van der Waals surface area contributed by atoms with Crippen LogP contribution in [0.2, 0.25) is 0 Å². The number of nitrogens with zero attached hydrogens (tertiary/aromatic N) is 1. The number of carbonyl (C=O) groups is 1. The Hall–Kier alpha value is -0.650. The van der Waals surface area contributed by atoms with Gasteiger partial charge in [-0.2, -0.15) is 0 Å². The van der Waals surface area contributed by atoms with E-state index in [2.05, 4.69) is 17.1 Å². The lowest BCUT2D eigenvalue weighted by Crippen LogP contribution is -2.49. The summed E-state index contributed by atoms with van der Waals surface area (Å²) in [5, 5.41) is 3.67. The molecule has 0 aliphatic carbocycles. The van der Waals surface area contributed by atoms with E-state index in [1.807, 2.05) is 0 Å². The summed E-state index contributed by atoms with van der Waals surface area (Å²) in [7, 11) is 0. The topological polar surface area (TPSA) is 67.6 Å². The van der Waals surface area contributed by atoms with E-state index in [4.69, 9.17) is 10.5 Å². The number of ether oxygens (including phenoxy) is 1. The van der Waals surface area contributed by atoms with Gasteiger partial charge in [-0.25, -0.2) is 0 Å². The highest BCUT2D eigenvalue weighted by Gasteiger charge is 2.28. The number of hydrogen-bond donors (Lipinski definition) is 2. The molecule has 0 bridgehead atoms. The molecule has 2 unspecified atom stereocenters. The molecule has 0 saturated carbocycles. The summed E-state index contributed by atoms with van der Waals surface area (Å²) in [6.45, 7) is 5.33. The van der Waals surface area contributed by atoms with Gasteiger partial charge in [0.25, 0.3) is 0 Å². The fourth-order valence-corrected chi connectivity index (χ4v) is 2.73. The number of primary amides is 1. The summed E-state index contributed by atoms with van der Waals surface area (Å²) in [6.07, 6.45) is 3.63. The summed E-state index contributed by atoms with van der Waals surface area (Å²) in [6, 6.07) is 1.07. The maximum Gasteiger partial charge on any atom is 0.231 e. The van der Waals surface area contributed by atoms with E-state index < -0.39 is 0 Å². The minimum Gasteiger partial charge on any atom is -0.377 e. The van der Waals surface area contributed by atoms with Gasteiger partial charge in [-0.05, 0) is 26.2 Å². The molecule has 3 N–H and O–H groups in total. The standard InChI is InChI=1S/C12H23N3O2/c1-9-11(4-7-17-9)14-10-2-5-15(6-3-10)8-12(13)16/h9-11,14H,2-8H2,1H3,(H2,13,16). The fraction of sp³-hybridized carbons (Fsp3) is 0.917. The number of likely N-dealkylation sites (tertiary alicyclic amines) is 1. The molecule has 2 aliphatic heterocycles. The Morgan fingerprint density at radius 3 is 2.65 bits per heavy atom. The molecule has 2 heterocycles. The molecular formula is C12H23N3O2. The Balaban J connectivity index is 1.70. The zero-order valence-electron chi connectivity index (χ0n) is 10.5. The van der Waals surface area contributed by atoms with Gasteiger partial charge < -0.3 is 15.8 Å². The fourth-order valence-electron chi connectivity index (χ4n) is 2.73. The second-order valence-electron chi connectivity index (χ2n) is 5.15. The van der Waals surface area contributed by atoms with Crippen molar-refractivity contribution < 1.29 is 9.53 Å². The zero-order valence-corrected chi connectivity index (χ0v) is 10.5. The molecular weight excluding hydrogens is 218 g/mol. The first-order valence-corrected chi connectivity index (χ1v) is 6.53. The molecule has 0 spiro atoms. The first-order valence-electron chi connectivity index (χ1n) is 6.53. The molecule has 5 heteroatoms. The SMILES string of the molecule is CC1OCCC1NC1CCN(CC(N)=O)CC1. The van der Waals surface area contributed by atoms with Gasteiger partial charge in [-0.3, -0.25) is 9.69 Å². The molecule has 98 valence electrons. The number of carbonyl (C=O) groups excluding carboxylic acids is 1. The van der Waals surface area contributed by atoms with Crippen LogP contribution in [0.1, 0.15) is 26.2 Å². The van der Waals surface area contributed by atoms with E-state index in [0.717, 1.165) is 39.0 Å². The van der Waals surface area contributed by atoms with Crippen LogP contribution >= 0.6 is 0 Å². The lowest BCUT2D eigenvalue weighted by Gasteiger charge is -2.33. The van der Waals surface area contributed by atoms with Gasteiger partial charge in [0.2, 0.25) is 5.91 Å². The second-order valence-corrected chi connectivity index (χ2v) is 5.15. The third kappa shape index (κ3) is 3.66. The van der Waals surface area contributed by atoms with Crippen molar-refractivity contribution in [3.05, 3.63) is 0 Å². The molecule has 2 fully saturated rings. The molecule has 2 atom stereocenters. The molecule has 2 aliphatic rings. The van der Waals surface area contributed by atoms with Crippen LogP contribution in [0.15, 0.2) is 0 Å². The van der Waals surface area contributed by atoms with Crippen molar-refractivity contribution in [1.82, 2.24) is 10.2 Å². The summed E-state index contributed by atoms with van der Waals surface area (Å²) in [5.74, 6) is -0.228. The number of amides is 1. The monoisotopic (exact) mass is 241 g/mol. The van der Waals surface area contributed by atoms with E-state index in [-0.39, 0.29) is 5.91 Å². The molecule has 17 heavy (non-hydrogen) atoms. The van der Waals surface area contributed by atoms with Crippen molar-refractivity contribution >= 4 is 5.91 Å². The minimum absolute atomic E-state index is 0.228. The van der Waals surface area contributed by atoms with Gasteiger partial charge in [0, 0.05) is 31.8 Å². The van der Waals surface area contributed by atoms with Crippen molar-refractivity contribution in [2.24, 2.45) is 5.73 Å². The Morgan fingerprint density at radius 2 is 2.12 bits per heavy atom. The number of rotatable bonds is 4. The molecule has 2 saturated heterocycles. The van der Waals surface area contributed by atoms with Crippen LogP contribution in [0.5, 0.6) is 0 Å². The first-order chi connectivity index (χ1) is 8.15. The van der Waals surface area contributed by atoms with Crippen LogP contribution in [0.3, 0.4) is 0 Å². The van der Waals surface area contributed by atoms with Gasteiger partial charge in [0.1, 0.15) is 0 Å². The minimum atomic E-state index is -0.228. The lowest BCUT2D eigenvalue weighted by molar-refractivity contribution is -0.119. The number of hydrogen-bond acceptors (Lipinski definition) is 4. The van der Waals surface area contributed by atoms with Crippen LogP contribution in [0.25, 0.3) is 0 Å². The third-order valence-electron chi connectivity index (χ3n) is 3.79. The van der Waals surface area contributed by atoms with Gasteiger partial charge in [0.05, 0.1) is 12.6 Å². The largest absolute Gasteiger partial charge is 0.377 e. The highest BCUT2D eigenvalue weighted by atomic mass is 16.5. The van der Waals surface area contributed by atoms with Crippen LogP contribution in [0, 0.1) is 0 Å². The average Bonchev–Trinajstić information content (AvgIpc) is 2.67. The van der Waals surface area contributed by atoms with E-state index in [1.54, 1.807) is 0 Å². The van der Waals surface area contributed by atoms with Crippen molar-refractivity contribution in [2.45, 2.75) is 44.4 Å². The summed E-state index contributed by atoms with van der Waals surface area (Å²) in [5.41, 5.74) is 5.20. The molecule has 0 radical (unpaired) electrons. The first kappa shape index (κ1) is 12.8. The molecule has 0 aromatic rings. The molecule has 1 amide bonds. The summed E-state index contributed by atoms with van der Waals surface area (Å²) >= 11 is 0. The van der Waals surface area contributed by atoms with E-state index in [0.29, 0.717) is 24.7 Å². The van der Waals surface area contributed by atoms with Crippen LogP contribution in [0.4, 0.5) is 0 Å². The maximum absolute atomic E-state index is 10.8. The van der Waals surface area contributed by atoms with Crippen LogP contribution < -0.4 is 11.1 Å².